The average Bonchev–Trinajstić information content (AvgIpc) is 2.32. The first kappa shape index (κ1) is 13.9. The smallest absolute Gasteiger partial charge is 0.0712 e. The molecule has 1 fully saturated rings. The molecule has 18 heavy (non-hydrogen) atoms. The van der Waals surface area contributed by atoms with Crippen LogP contribution in [0.2, 0.25) is 5.02 Å². The summed E-state index contributed by atoms with van der Waals surface area (Å²) in [5, 5.41) is 11.4. The summed E-state index contributed by atoms with van der Waals surface area (Å²) >= 11 is 6.16. The third kappa shape index (κ3) is 3.25. The first-order valence-corrected chi connectivity index (χ1v) is 7.08. The Kier molecular flexibility index (Phi) is 4.31. The molecular formula is C15H22ClNO. The second-order valence-electron chi connectivity index (χ2n) is 5.62. The molecule has 1 N–H and O–H groups in total. The van der Waals surface area contributed by atoms with Gasteiger partial charge in [-0.3, -0.25) is 0 Å². The van der Waals surface area contributed by atoms with Crippen LogP contribution in [0.3, 0.4) is 0 Å². The number of aliphatic hydroxyl groups is 1. The number of piperidine rings is 1. The zero-order valence-corrected chi connectivity index (χ0v) is 12.0. The van der Waals surface area contributed by atoms with E-state index in [0.29, 0.717) is 12.5 Å². The lowest BCUT2D eigenvalue weighted by molar-refractivity contribution is -0.0271. The van der Waals surface area contributed by atoms with Gasteiger partial charge in [0.05, 0.1) is 5.60 Å². The maximum absolute atomic E-state index is 10.7. The van der Waals surface area contributed by atoms with Crippen molar-refractivity contribution in [3.63, 3.8) is 0 Å². The van der Waals surface area contributed by atoms with E-state index in [-0.39, 0.29) is 0 Å². The summed E-state index contributed by atoms with van der Waals surface area (Å²) in [4.78, 5) is 2.42. The minimum absolute atomic E-state index is 0.565. The van der Waals surface area contributed by atoms with Crippen LogP contribution in [0.25, 0.3) is 0 Å². The van der Waals surface area contributed by atoms with E-state index >= 15 is 0 Å². The van der Waals surface area contributed by atoms with Gasteiger partial charge in [-0.05, 0) is 38.3 Å². The summed E-state index contributed by atoms with van der Waals surface area (Å²) in [6.45, 7) is 6.36. The molecule has 0 aromatic heterocycles. The number of rotatable bonds is 3. The molecule has 0 amide bonds. The molecule has 1 aliphatic rings. The van der Waals surface area contributed by atoms with Gasteiger partial charge in [0.25, 0.3) is 0 Å². The third-order valence-corrected chi connectivity index (χ3v) is 4.31. The van der Waals surface area contributed by atoms with E-state index in [1.165, 1.54) is 0 Å². The van der Waals surface area contributed by atoms with Gasteiger partial charge in [-0.1, -0.05) is 29.8 Å². The number of benzene rings is 1. The van der Waals surface area contributed by atoms with Gasteiger partial charge in [0, 0.05) is 30.6 Å². The van der Waals surface area contributed by atoms with Gasteiger partial charge in [0.2, 0.25) is 0 Å². The van der Waals surface area contributed by atoms with Crippen molar-refractivity contribution in [3.05, 3.63) is 34.9 Å². The first-order chi connectivity index (χ1) is 8.50. The summed E-state index contributed by atoms with van der Waals surface area (Å²) in [6, 6.07) is 8.37. The molecule has 0 radical (unpaired) electrons. The van der Waals surface area contributed by atoms with Gasteiger partial charge in [-0.25, -0.2) is 0 Å². The van der Waals surface area contributed by atoms with Crippen molar-refractivity contribution in [1.82, 2.24) is 4.90 Å². The van der Waals surface area contributed by atoms with Crippen LogP contribution in [0.1, 0.15) is 32.3 Å². The van der Waals surface area contributed by atoms with Crippen LogP contribution in [-0.2, 0) is 6.42 Å². The van der Waals surface area contributed by atoms with E-state index in [1.54, 1.807) is 0 Å². The highest BCUT2D eigenvalue weighted by molar-refractivity contribution is 6.31. The van der Waals surface area contributed by atoms with Crippen molar-refractivity contribution in [2.75, 3.05) is 13.1 Å². The Hall–Kier alpha value is -0.570. The van der Waals surface area contributed by atoms with Crippen LogP contribution < -0.4 is 0 Å². The van der Waals surface area contributed by atoms with Gasteiger partial charge in [-0.15, -0.1) is 0 Å². The van der Waals surface area contributed by atoms with Crippen LogP contribution in [0.15, 0.2) is 24.3 Å². The number of hydrogen-bond acceptors (Lipinski definition) is 2. The van der Waals surface area contributed by atoms with Crippen molar-refractivity contribution < 1.29 is 5.11 Å². The molecule has 0 bridgehead atoms. The van der Waals surface area contributed by atoms with Crippen molar-refractivity contribution in [1.29, 1.82) is 0 Å². The van der Waals surface area contributed by atoms with Crippen LogP contribution in [0.4, 0.5) is 0 Å². The minimum atomic E-state index is -0.587. The summed E-state index contributed by atoms with van der Waals surface area (Å²) in [5.41, 5.74) is 0.468. The normalized spacial score (nSPS) is 20.3. The highest BCUT2D eigenvalue weighted by Crippen LogP contribution is 2.29. The van der Waals surface area contributed by atoms with E-state index in [1.807, 2.05) is 24.3 Å². The Morgan fingerprint density at radius 2 is 1.89 bits per heavy atom. The molecule has 1 aromatic carbocycles. The lowest BCUT2D eigenvalue weighted by Gasteiger charge is -2.40. The zero-order chi connectivity index (χ0) is 13.2. The summed E-state index contributed by atoms with van der Waals surface area (Å²) in [5.74, 6) is 0. The van der Waals surface area contributed by atoms with Crippen LogP contribution in [-0.4, -0.2) is 34.7 Å². The molecule has 1 heterocycles. The van der Waals surface area contributed by atoms with Gasteiger partial charge in [0.15, 0.2) is 0 Å². The first-order valence-electron chi connectivity index (χ1n) is 6.70. The molecule has 100 valence electrons. The highest BCUT2D eigenvalue weighted by atomic mass is 35.5. The van der Waals surface area contributed by atoms with E-state index in [0.717, 1.165) is 36.5 Å². The number of halogens is 1. The molecule has 0 saturated carbocycles. The topological polar surface area (TPSA) is 23.5 Å². The number of hydrogen-bond donors (Lipinski definition) is 1. The second kappa shape index (κ2) is 5.60. The lowest BCUT2D eigenvalue weighted by atomic mass is 9.85. The molecule has 1 saturated heterocycles. The SMILES string of the molecule is CC(C)N1CCC(O)(Cc2ccccc2Cl)CC1. The zero-order valence-electron chi connectivity index (χ0n) is 11.2. The predicted octanol–water partition coefficient (Wildman–Crippen LogP) is 3.12. The third-order valence-electron chi connectivity index (χ3n) is 3.94. The maximum Gasteiger partial charge on any atom is 0.0712 e. The van der Waals surface area contributed by atoms with Crippen LogP contribution in [0, 0.1) is 0 Å². The van der Waals surface area contributed by atoms with Crippen molar-refractivity contribution in [3.8, 4) is 0 Å². The molecule has 1 aromatic rings. The number of nitrogens with zero attached hydrogens (tertiary/aromatic N) is 1. The van der Waals surface area contributed by atoms with E-state index in [2.05, 4.69) is 18.7 Å². The maximum atomic E-state index is 10.7. The number of likely N-dealkylation sites (tertiary alicyclic amines) is 1. The standard InChI is InChI=1S/C15H22ClNO/c1-12(2)17-9-7-15(18,8-10-17)11-13-5-3-4-6-14(13)16/h3-6,12,18H,7-11H2,1-2H3. The summed E-state index contributed by atoms with van der Waals surface area (Å²) in [6.07, 6.45) is 2.32. The van der Waals surface area contributed by atoms with Crippen molar-refractivity contribution >= 4 is 11.6 Å². The molecule has 1 aliphatic heterocycles. The average molecular weight is 268 g/mol. The van der Waals surface area contributed by atoms with Gasteiger partial charge in [0.1, 0.15) is 0 Å². The largest absolute Gasteiger partial charge is 0.389 e. The fraction of sp³-hybridized carbons (Fsp3) is 0.600. The Labute approximate surface area is 115 Å². The molecule has 2 nitrogen and oxygen atoms in total. The van der Waals surface area contributed by atoms with E-state index < -0.39 is 5.60 Å². The fourth-order valence-corrected chi connectivity index (χ4v) is 2.83. The Morgan fingerprint density at radius 1 is 1.28 bits per heavy atom. The molecule has 0 aliphatic carbocycles. The van der Waals surface area contributed by atoms with E-state index in [9.17, 15) is 5.11 Å². The molecule has 0 unspecified atom stereocenters. The molecule has 2 rings (SSSR count). The minimum Gasteiger partial charge on any atom is -0.389 e. The molecule has 0 spiro atoms. The quantitative estimate of drug-likeness (QED) is 0.910. The van der Waals surface area contributed by atoms with Crippen molar-refractivity contribution in [2.45, 2.75) is 44.8 Å². The molecule has 3 heteroatoms. The van der Waals surface area contributed by atoms with Gasteiger partial charge in [-0.2, -0.15) is 0 Å². The Morgan fingerprint density at radius 3 is 2.44 bits per heavy atom. The van der Waals surface area contributed by atoms with Crippen LogP contribution >= 0.6 is 11.6 Å². The Balaban J connectivity index is 2.00. The lowest BCUT2D eigenvalue weighted by Crippen LogP contribution is -2.47. The predicted molar refractivity (Wildman–Crippen MR) is 76.0 cm³/mol. The molecule has 0 atom stereocenters. The highest BCUT2D eigenvalue weighted by Gasteiger charge is 2.33. The van der Waals surface area contributed by atoms with Gasteiger partial charge >= 0.3 is 0 Å². The molecular weight excluding hydrogens is 246 g/mol. The van der Waals surface area contributed by atoms with E-state index in [4.69, 9.17) is 11.6 Å². The summed E-state index contributed by atoms with van der Waals surface area (Å²) in [7, 11) is 0. The monoisotopic (exact) mass is 267 g/mol. The fourth-order valence-electron chi connectivity index (χ4n) is 2.63. The Bertz CT molecular complexity index is 397. The van der Waals surface area contributed by atoms with Gasteiger partial charge < -0.3 is 10.0 Å². The summed E-state index contributed by atoms with van der Waals surface area (Å²) < 4.78 is 0. The van der Waals surface area contributed by atoms with Crippen molar-refractivity contribution in [2.24, 2.45) is 0 Å². The second-order valence-corrected chi connectivity index (χ2v) is 6.03. The van der Waals surface area contributed by atoms with Crippen LogP contribution in [0.5, 0.6) is 0 Å².